The first-order valence-electron chi connectivity index (χ1n) is 24.6. The minimum atomic E-state index is -2.34. The third-order valence-corrected chi connectivity index (χ3v) is 17.4. The van der Waals surface area contributed by atoms with E-state index in [-0.39, 0.29) is 18.0 Å². The minimum absolute atomic E-state index is 0.153. The molecule has 6 heterocycles. The largest absolute Gasteiger partial charge is 0.497 e. The summed E-state index contributed by atoms with van der Waals surface area (Å²) < 4.78 is 29.6. The number of fused-ring (bicyclic) bond motifs is 6. The normalized spacial score (nSPS) is 32.8. The number of hydrogen-bond acceptors (Lipinski definition) is 13. The number of aromatic amines is 1. The number of aliphatic hydroxyl groups is 1. The highest BCUT2D eigenvalue weighted by atomic mass is 16.6. The molecule has 0 radical (unpaired) electrons. The molecule has 1 spiro atoms. The zero-order valence-electron chi connectivity index (χ0n) is 41.5. The minimum Gasteiger partial charge on any atom is -0.497 e. The lowest BCUT2D eigenvalue weighted by molar-refractivity contribution is -0.228. The van der Waals surface area contributed by atoms with Crippen LogP contribution in [-0.2, 0) is 45.8 Å². The van der Waals surface area contributed by atoms with E-state index < -0.39 is 57.4 Å². The number of para-hydroxylation sites is 1. The lowest BCUT2D eigenvalue weighted by Gasteiger charge is -2.63. The Balaban J connectivity index is 1.18. The predicted octanol–water partition coefficient (Wildman–Crippen LogP) is 5.83. The molecule has 4 aromatic rings. The zero-order valence-corrected chi connectivity index (χ0v) is 41.5. The fourth-order valence-electron chi connectivity index (χ4n) is 14.8. The van der Waals surface area contributed by atoms with Gasteiger partial charge in [0.25, 0.3) is 0 Å². The fourth-order valence-corrected chi connectivity index (χ4v) is 14.8. The van der Waals surface area contributed by atoms with Gasteiger partial charge in [0, 0.05) is 96.6 Å². The smallest absolute Gasteiger partial charge is 0.344 e. The van der Waals surface area contributed by atoms with Crippen molar-refractivity contribution in [3.8, 4) is 11.5 Å². The van der Waals surface area contributed by atoms with Crippen molar-refractivity contribution < 1.29 is 48.0 Å². The Morgan fingerprint density at radius 3 is 2.33 bits per heavy atom. The summed E-state index contributed by atoms with van der Waals surface area (Å²) in [5.41, 5.74) is -1.07. The summed E-state index contributed by atoms with van der Waals surface area (Å²) in [6, 6.07) is 17.8. The van der Waals surface area contributed by atoms with Crippen LogP contribution in [0.1, 0.15) is 75.3 Å². The van der Waals surface area contributed by atoms with E-state index in [1.165, 1.54) is 21.1 Å². The number of H-pyrrole nitrogens is 1. The molecule has 2 saturated heterocycles. The van der Waals surface area contributed by atoms with E-state index in [0.29, 0.717) is 94.0 Å². The number of anilines is 2. The van der Waals surface area contributed by atoms with Gasteiger partial charge in [0.2, 0.25) is 5.60 Å². The number of esters is 3. The Kier molecular flexibility index (Phi) is 11.8. The van der Waals surface area contributed by atoms with E-state index in [2.05, 4.69) is 50.5 Å². The lowest BCUT2D eigenvalue weighted by Crippen LogP contribution is -2.81. The number of amides is 2. The standard InChI is InChI=1S/C54H66N6O10/c1-9-50(57-49(64)55-34-16-18-35(66-5)19-17-34)28-33-29-53(47(62)68-7,43-37(20-24-59(30-33)31-50)36-14-11-12-15-40(36)56-43)39-26-38-41(27-42(39)67-6)58(4)45-52(38)22-25-60-23-13-21-51(10-2,44(52)60)46(70-32(3)61)54(45,65)48(63)69-8/h11-19,21,26-27,33,44-46,56,65H,9-10,20,22-25,28-31H2,1-8H3,(H2,55,57,64)/t33-,44+,45-,46-,50+,51-,52-,53+,54+/m1/s1. The molecule has 1 saturated carbocycles. The van der Waals surface area contributed by atoms with Gasteiger partial charge in [-0.2, -0.15) is 0 Å². The van der Waals surface area contributed by atoms with Gasteiger partial charge >= 0.3 is 23.9 Å². The number of benzene rings is 3. The first kappa shape index (κ1) is 47.6. The molecule has 1 aliphatic carbocycles. The van der Waals surface area contributed by atoms with E-state index in [4.69, 9.17) is 23.7 Å². The molecule has 2 amide bonds. The average Bonchev–Trinajstić information content (AvgIpc) is 4.03. The maximum Gasteiger partial charge on any atom is 0.344 e. The topological polar surface area (TPSA) is 184 Å². The molecule has 4 N–H and O–H groups in total. The summed E-state index contributed by atoms with van der Waals surface area (Å²) in [5, 5.41) is 20.9. The lowest BCUT2D eigenvalue weighted by atomic mass is 9.47. The number of ether oxygens (including phenoxy) is 5. The molecular formula is C54H66N6O10. The van der Waals surface area contributed by atoms with Gasteiger partial charge in [0.15, 0.2) is 6.10 Å². The van der Waals surface area contributed by atoms with Crippen molar-refractivity contribution in [1.82, 2.24) is 20.1 Å². The summed E-state index contributed by atoms with van der Waals surface area (Å²) in [5.74, 6) is -1.01. The molecular weight excluding hydrogens is 893 g/mol. The van der Waals surface area contributed by atoms with Crippen LogP contribution in [0.15, 0.2) is 72.8 Å². The van der Waals surface area contributed by atoms with Gasteiger partial charge in [-0.1, -0.05) is 44.2 Å². The van der Waals surface area contributed by atoms with Crippen molar-refractivity contribution in [2.24, 2.45) is 11.3 Å². The highest BCUT2D eigenvalue weighted by Gasteiger charge is 2.80. The maximum absolute atomic E-state index is 15.7. The summed E-state index contributed by atoms with van der Waals surface area (Å²) in [7, 11) is 7.74. The van der Waals surface area contributed by atoms with Crippen LogP contribution < -0.4 is 25.0 Å². The third kappa shape index (κ3) is 6.72. The molecule has 10 atom stereocenters. The summed E-state index contributed by atoms with van der Waals surface area (Å²) in [4.78, 5) is 68.0. The molecule has 5 aliphatic heterocycles. The highest BCUT2D eigenvalue weighted by molar-refractivity contribution is 5.95. The SMILES string of the molecule is CC[C@]1(NC(=O)Nc2ccc(OC)cc2)C[C@H]2CN(CCc3c([nH]c4ccccc34)[C@@](C(=O)OC)(c3cc4c(cc3OC)N(C)[C@H]3[C@@](O)(C(=O)OC)[C@H](OC(C)=O)[C@]5(CC)C=CCN6CC[C@]43[C@@H]65)C2)C1. The number of nitrogens with zero attached hydrogens (tertiary/aromatic N) is 3. The second-order valence-corrected chi connectivity index (χ2v) is 20.6. The van der Waals surface area contributed by atoms with Crippen LogP contribution in [0.25, 0.3) is 10.9 Å². The molecule has 372 valence electrons. The van der Waals surface area contributed by atoms with Crippen LogP contribution in [0.2, 0.25) is 0 Å². The van der Waals surface area contributed by atoms with Crippen molar-refractivity contribution in [3.63, 3.8) is 0 Å². The molecule has 16 heteroatoms. The molecule has 1 unspecified atom stereocenters. The maximum atomic E-state index is 15.7. The number of methoxy groups -OCH3 is 4. The first-order valence-corrected chi connectivity index (χ1v) is 24.6. The number of nitrogens with one attached hydrogen (secondary N) is 3. The fraction of sp³-hybridized carbons (Fsp3) is 0.519. The molecule has 3 fully saturated rings. The van der Waals surface area contributed by atoms with E-state index in [1.807, 2.05) is 49.2 Å². The Hall–Kier alpha value is -6.10. The number of piperidine rings is 1. The number of likely N-dealkylation sites (N-methyl/N-ethyl adjacent to an activating group) is 1. The van der Waals surface area contributed by atoms with E-state index in [9.17, 15) is 19.5 Å². The van der Waals surface area contributed by atoms with Crippen LogP contribution in [0, 0.1) is 11.3 Å². The van der Waals surface area contributed by atoms with Gasteiger partial charge in [-0.3, -0.25) is 14.5 Å². The van der Waals surface area contributed by atoms with Crippen molar-refractivity contribution >= 4 is 46.2 Å². The number of urea groups is 1. The molecule has 70 heavy (non-hydrogen) atoms. The second kappa shape index (κ2) is 17.3. The van der Waals surface area contributed by atoms with Crippen molar-refractivity contribution in [1.29, 1.82) is 0 Å². The molecule has 2 bridgehead atoms. The van der Waals surface area contributed by atoms with Gasteiger partial charge in [-0.15, -0.1) is 0 Å². The second-order valence-electron chi connectivity index (χ2n) is 20.6. The number of rotatable bonds is 10. The van der Waals surface area contributed by atoms with Crippen molar-refractivity contribution in [3.05, 3.63) is 95.2 Å². The van der Waals surface area contributed by atoms with Gasteiger partial charge in [0.1, 0.15) is 16.9 Å². The summed E-state index contributed by atoms with van der Waals surface area (Å²) >= 11 is 0. The molecule has 1 aromatic heterocycles. The Bertz CT molecular complexity index is 2780. The van der Waals surface area contributed by atoms with Crippen LogP contribution in [-0.4, -0.2) is 141 Å². The van der Waals surface area contributed by atoms with Crippen molar-refractivity contribution in [2.75, 3.05) is 78.4 Å². The number of hydrogen-bond donors (Lipinski definition) is 4. The quantitative estimate of drug-likeness (QED) is 0.0848. The van der Waals surface area contributed by atoms with E-state index >= 15 is 4.79 Å². The number of carbonyl (C=O) groups excluding carboxylic acids is 4. The van der Waals surface area contributed by atoms with Crippen LogP contribution in [0.5, 0.6) is 11.5 Å². The molecule has 10 rings (SSSR count). The van der Waals surface area contributed by atoms with Crippen LogP contribution in [0.3, 0.4) is 0 Å². The number of aromatic nitrogens is 1. The van der Waals surface area contributed by atoms with Gasteiger partial charge in [0.05, 0.1) is 40.0 Å². The monoisotopic (exact) mass is 958 g/mol. The van der Waals surface area contributed by atoms with Gasteiger partial charge in [-0.05, 0) is 98.5 Å². The van der Waals surface area contributed by atoms with E-state index in [1.54, 1.807) is 38.5 Å². The van der Waals surface area contributed by atoms with Crippen LogP contribution >= 0.6 is 0 Å². The average molecular weight is 959 g/mol. The van der Waals surface area contributed by atoms with E-state index in [0.717, 1.165) is 33.4 Å². The summed E-state index contributed by atoms with van der Waals surface area (Å²) in [6.45, 7) is 8.62. The van der Waals surface area contributed by atoms with Gasteiger partial charge < -0.3 is 54.2 Å². The molecule has 3 aromatic carbocycles. The predicted molar refractivity (Wildman–Crippen MR) is 263 cm³/mol. The highest BCUT2D eigenvalue weighted by Crippen LogP contribution is 2.68. The Morgan fingerprint density at radius 1 is 0.886 bits per heavy atom. The van der Waals surface area contributed by atoms with Crippen LogP contribution in [0.4, 0.5) is 16.2 Å². The first-order chi connectivity index (χ1) is 33.6. The zero-order chi connectivity index (χ0) is 49.5. The summed E-state index contributed by atoms with van der Waals surface area (Å²) in [6.07, 6.45) is 5.88. The molecule has 16 nitrogen and oxygen atoms in total. The Morgan fingerprint density at radius 2 is 1.64 bits per heavy atom. The molecule has 6 aliphatic rings. The van der Waals surface area contributed by atoms with Crippen molar-refractivity contribution in [2.45, 2.75) is 99.5 Å². The Labute approximate surface area is 409 Å². The van der Waals surface area contributed by atoms with Gasteiger partial charge in [-0.25, -0.2) is 9.59 Å². The third-order valence-electron chi connectivity index (χ3n) is 17.4. The number of carbonyl (C=O) groups is 4.